The summed E-state index contributed by atoms with van der Waals surface area (Å²) in [5.74, 6) is 0.334. The SMILES string of the molecule is Nc1cnc(Cl)nc1OC1CCOC1. The highest BCUT2D eigenvalue weighted by Crippen LogP contribution is 2.21. The van der Waals surface area contributed by atoms with Crippen LogP contribution in [-0.4, -0.2) is 29.3 Å². The van der Waals surface area contributed by atoms with Gasteiger partial charge in [0.15, 0.2) is 0 Å². The predicted molar refractivity (Wildman–Crippen MR) is 51.3 cm³/mol. The summed E-state index contributed by atoms with van der Waals surface area (Å²) in [5.41, 5.74) is 6.01. The molecule has 1 aromatic heterocycles. The Morgan fingerprint density at radius 3 is 3.21 bits per heavy atom. The van der Waals surface area contributed by atoms with Crippen LogP contribution in [-0.2, 0) is 4.74 Å². The van der Waals surface area contributed by atoms with Crippen LogP contribution >= 0.6 is 11.6 Å². The first-order valence-electron chi connectivity index (χ1n) is 4.28. The van der Waals surface area contributed by atoms with Gasteiger partial charge in [0.1, 0.15) is 11.8 Å². The average Bonchev–Trinajstić information content (AvgIpc) is 2.64. The topological polar surface area (TPSA) is 70.3 Å². The van der Waals surface area contributed by atoms with Crippen LogP contribution in [0.1, 0.15) is 6.42 Å². The van der Waals surface area contributed by atoms with Crippen LogP contribution in [0.25, 0.3) is 0 Å². The molecule has 14 heavy (non-hydrogen) atoms. The quantitative estimate of drug-likeness (QED) is 0.742. The van der Waals surface area contributed by atoms with Crippen molar-refractivity contribution < 1.29 is 9.47 Å². The van der Waals surface area contributed by atoms with Crippen molar-refractivity contribution in [2.24, 2.45) is 0 Å². The Balaban J connectivity index is 2.10. The maximum atomic E-state index is 5.62. The van der Waals surface area contributed by atoms with Crippen molar-refractivity contribution in [2.75, 3.05) is 18.9 Å². The molecule has 1 fully saturated rings. The van der Waals surface area contributed by atoms with Gasteiger partial charge < -0.3 is 15.2 Å². The van der Waals surface area contributed by atoms with Crippen LogP contribution in [0.15, 0.2) is 6.20 Å². The molecule has 1 saturated heterocycles. The number of anilines is 1. The summed E-state index contributed by atoms with van der Waals surface area (Å²) in [5, 5.41) is 0.133. The standard InChI is InChI=1S/C8H10ClN3O2/c9-8-11-3-6(10)7(12-8)14-5-1-2-13-4-5/h3,5H,1-2,4,10H2. The molecule has 76 valence electrons. The smallest absolute Gasteiger partial charge is 0.241 e. The third kappa shape index (κ3) is 2.05. The molecule has 0 aliphatic carbocycles. The highest BCUT2D eigenvalue weighted by molar-refractivity contribution is 6.28. The molecule has 1 aromatic rings. The van der Waals surface area contributed by atoms with E-state index in [1.165, 1.54) is 6.20 Å². The minimum absolute atomic E-state index is 0.0169. The molecule has 1 unspecified atom stereocenters. The molecular weight excluding hydrogens is 206 g/mol. The van der Waals surface area contributed by atoms with Crippen LogP contribution in [0, 0.1) is 0 Å². The second kappa shape index (κ2) is 3.98. The molecule has 0 amide bonds. The first kappa shape index (κ1) is 9.48. The molecule has 0 saturated carbocycles. The zero-order valence-electron chi connectivity index (χ0n) is 7.44. The van der Waals surface area contributed by atoms with Gasteiger partial charge in [-0.15, -0.1) is 0 Å². The summed E-state index contributed by atoms with van der Waals surface area (Å²) >= 11 is 5.61. The monoisotopic (exact) mass is 215 g/mol. The van der Waals surface area contributed by atoms with Gasteiger partial charge >= 0.3 is 0 Å². The maximum Gasteiger partial charge on any atom is 0.241 e. The molecule has 0 aromatic carbocycles. The zero-order chi connectivity index (χ0) is 9.97. The lowest BCUT2D eigenvalue weighted by molar-refractivity contribution is 0.138. The molecule has 2 rings (SSSR count). The number of hydrogen-bond acceptors (Lipinski definition) is 5. The average molecular weight is 216 g/mol. The van der Waals surface area contributed by atoms with E-state index >= 15 is 0 Å². The number of ether oxygens (including phenoxy) is 2. The third-order valence-electron chi connectivity index (χ3n) is 1.92. The molecule has 0 bridgehead atoms. The Labute approximate surface area is 86.2 Å². The van der Waals surface area contributed by atoms with Crippen molar-refractivity contribution in [1.29, 1.82) is 0 Å². The largest absolute Gasteiger partial charge is 0.470 e. The molecule has 6 heteroatoms. The second-order valence-electron chi connectivity index (χ2n) is 3.00. The fraction of sp³-hybridized carbons (Fsp3) is 0.500. The van der Waals surface area contributed by atoms with Crippen molar-refractivity contribution in [1.82, 2.24) is 9.97 Å². The minimum atomic E-state index is 0.0169. The molecule has 0 radical (unpaired) electrons. The first-order chi connectivity index (χ1) is 6.75. The van der Waals surface area contributed by atoms with E-state index in [1.54, 1.807) is 0 Å². The van der Waals surface area contributed by atoms with Crippen LogP contribution in [0.5, 0.6) is 5.88 Å². The van der Waals surface area contributed by atoms with Gasteiger partial charge in [-0.2, -0.15) is 4.98 Å². The summed E-state index contributed by atoms with van der Waals surface area (Å²) in [4.78, 5) is 7.62. The number of aromatic nitrogens is 2. The van der Waals surface area contributed by atoms with Gasteiger partial charge in [0.2, 0.25) is 11.2 Å². The number of nitrogen functional groups attached to an aromatic ring is 1. The van der Waals surface area contributed by atoms with E-state index in [1.807, 2.05) is 0 Å². The van der Waals surface area contributed by atoms with E-state index in [4.69, 9.17) is 26.8 Å². The fourth-order valence-electron chi connectivity index (χ4n) is 1.21. The van der Waals surface area contributed by atoms with Gasteiger partial charge in [0.05, 0.1) is 19.4 Å². The van der Waals surface area contributed by atoms with Gasteiger partial charge in [0.25, 0.3) is 0 Å². The van der Waals surface area contributed by atoms with Crippen molar-refractivity contribution in [3.05, 3.63) is 11.5 Å². The van der Waals surface area contributed by atoms with Gasteiger partial charge in [-0.3, -0.25) is 0 Å². The van der Waals surface area contributed by atoms with E-state index in [0.29, 0.717) is 24.8 Å². The molecule has 0 spiro atoms. The normalized spacial score (nSPS) is 21.1. The number of hydrogen-bond donors (Lipinski definition) is 1. The van der Waals surface area contributed by atoms with E-state index < -0.39 is 0 Å². The summed E-state index contributed by atoms with van der Waals surface area (Å²) in [6.07, 6.45) is 2.30. The summed E-state index contributed by atoms with van der Waals surface area (Å²) in [6.45, 7) is 1.28. The Morgan fingerprint density at radius 2 is 2.50 bits per heavy atom. The van der Waals surface area contributed by atoms with Crippen LogP contribution < -0.4 is 10.5 Å². The predicted octanol–water partition coefficient (Wildman–Crippen LogP) is 0.880. The van der Waals surface area contributed by atoms with Crippen molar-refractivity contribution in [3.8, 4) is 5.88 Å². The number of rotatable bonds is 2. The van der Waals surface area contributed by atoms with Crippen LogP contribution in [0.2, 0.25) is 5.28 Å². The van der Waals surface area contributed by atoms with E-state index in [0.717, 1.165) is 6.42 Å². The molecule has 2 N–H and O–H groups in total. The summed E-state index contributed by atoms with van der Waals surface area (Å²) in [7, 11) is 0. The Bertz CT molecular complexity index is 328. The lowest BCUT2D eigenvalue weighted by Crippen LogP contribution is -2.17. The number of halogens is 1. The summed E-state index contributed by atoms with van der Waals surface area (Å²) in [6, 6.07) is 0. The zero-order valence-corrected chi connectivity index (χ0v) is 8.20. The molecular formula is C8H10ClN3O2. The number of nitrogens with zero attached hydrogens (tertiary/aromatic N) is 2. The molecule has 5 nitrogen and oxygen atoms in total. The lowest BCUT2D eigenvalue weighted by atomic mass is 10.3. The van der Waals surface area contributed by atoms with Gasteiger partial charge in [-0.25, -0.2) is 4.98 Å². The number of nitrogens with two attached hydrogens (primary N) is 1. The summed E-state index contributed by atoms with van der Waals surface area (Å²) < 4.78 is 10.7. The highest BCUT2D eigenvalue weighted by atomic mass is 35.5. The van der Waals surface area contributed by atoms with Crippen molar-refractivity contribution >= 4 is 17.3 Å². The van der Waals surface area contributed by atoms with E-state index in [-0.39, 0.29) is 11.4 Å². The first-order valence-corrected chi connectivity index (χ1v) is 4.66. The maximum absolute atomic E-state index is 5.62. The van der Waals surface area contributed by atoms with Gasteiger partial charge in [-0.1, -0.05) is 0 Å². The van der Waals surface area contributed by atoms with E-state index in [2.05, 4.69) is 9.97 Å². The van der Waals surface area contributed by atoms with Crippen LogP contribution in [0.4, 0.5) is 5.69 Å². The lowest BCUT2D eigenvalue weighted by Gasteiger charge is -2.11. The fourth-order valence-corrected chi connectivity index (χ4v) is 1.34. The molecule has 2 heterocycles. The van der Waals surface area contributed by atoms with E-state index in [9.17, 15) is 0 Å². The Hall–Kier alpha value is -1.07. The minimum Gasteiger partial charge on any atom is -0.470 e. The molecule has 1 atom stereocenters. The Kier molecular flexibility index (Phi) is 2.69. The van der Waals surface area contributed by atoms with Gasteiger partial charge in [0, 0.05) is 6.42 Å². The highest BCUT2D eigenvalue weighted by Gasteiger charge is 2.19. The molecule has 1 aliphatic rings. The van der Waals surface area contributed by atoms with Crippen molar-refractivity contribution in [2.45, 2.75) is 12.5 Å². The second-order valence-corrected chi connectivity index (χ2v) is 3.34. The van der Waals surface area contributed by atoms with Gasteiger partial charge in [-0.05, 0) is 11.6 Å². The molecule has 1 aliphatic heterocycles. The Morgan fingerprint density at radius 1 is 1.64 bits per heavy atom. The van der Waals surface area contributed by atoms with Crippen LogP contribution in [0.3, 0.4) is 0 Å². The van der Waals surface area contributed by atoms with Crippen molar-refractivity contribution in [3.63, 3.8) is 0 Å². The third-order valence-corrected chi connectivity index (χ3v) is 2.10.